The zero-order valence-corrected chi connectivity index (χ0v) is 14.9. The molecule has 0 spiro atoms. The fraction of sp³-hybridized carbons (Fsp3) is 0.444. The molecule has 0 atom stereocenters. The van der Waals surface area contributed by atoms with Crippen molar-refractivity contribution in [2.75, 3.05) is 44.1 Å². The minimum atomic E-state index is 0.744. The van der Waals surface area contributed by atoms with Crippen molar-refractivity contribution in [2.24, 2.45) is 0 Å². The van der Waals surface area contributed by atoms with Crippen LogP contribution in [-0.2, 0) is 6.42 Å². The molecular weight excluding hydrogens is 304 g/mol. The molecule has 2 aromatic rings. The Morgan fingerprint density at radius 3 is 2.46 bits per heavy atom. The van der Waals surface area contributed by atoms with Gasteiger partial charge < -0.3 is 19.7 Å². The van der Waals surface area contributed by atoms with Gasteiger partial charge in [0.1, 0.15) is 5.82 Å². The summed E-state index contributed by atoms with van der Waals surface area (Å²) in [6, 6.07) is 7.87. The summed E-state index contributed by atoms with van der Waals surface area (Å²) < 4.78 is 10.6. The maximum atomic E-state index is 5.34. The van der Waals surface area contributed by atoms with Gasteiger partial charge in [-0.1, -0.05) is 6.07 Å². The van der Waals surface area contributed by atoms with Gasteiger partial charge in [-0.25, -0.2) is 4.98 Å². The maximum absolute atomic E-state index is 5.34. The van der Waals surface area contributed by atoms with Gasteiger partial charge in [-0.3, -0.25) is 0 Å². The second kappa shape index (κ2) is 8.96. The monoisotopic (exact) mass is 330 g/mol. The van der Waals surface area contributed by atoms with Crippen molar-refractivity contribution < 1.29 is 9.47 Å². The quantitative estimate of drug-likeness (QED) is 0.763. The molecule has 1 aromatic carbocycles. The predicted molar refractivity (Wildman–Crippen MR) is 97.3 cm³/mol. The molecule has 0 saturated carbocycles. The molecule has 6 heteroatoms. The lowest BCUT2D eigenvalue weighted by Crippen LogP contribution is -2.24. The van der Waals surface area contributed by atoms with Crippen molar-refractivity contribution >= 4 is 11.8 Å². The first kappa shape index (κ1) is 17.8. The largest absolute Gasteiger partial charge is 0.493 e. The van der Waals surface area contributed by atoms with E-state index in [1.165, 1.54) is 5.56 Å². The number of hydrogen-bond donors (Lipinski definition) is 1. The van der Waals surface area contributed by atoms with Crippen LogP contribution in [0, 0.1) is 0 Å². The Balaban J connectivity index is 1.96. The molecule has 0 amide bonds. The molecule has 0 unspecified atom stereocenters. The summed E-state index contributed by atoms with van der Waals surface area (Å²) in [5, 5.41) is 3.35. The standard InChI is InChI=1S/C18H26N4O2/c1-5-22(6-2)18-20-12-10-17(21-18)19-11-9-14-7-8-15(23-3)16(13-14)24-4/h7-8,10,12-13H,5-6,9,11H2,1-4H3,(H,19,20,21). The van der Waals surface area contributed by atoms with Gasteiger partial charge in [0.15, 0.2) is 11.5 Å². The van der Waals surface area contributed by atoms with Crippen LogP contribution in [0.25, 0.3) is 0 Å². The Kier molecular flexibility index (Phi) is 6.66. The summed E-state index contributed by atoms with van der Waals surface area (Å²) >= 11 is 0. The third-order valence-electron chi connectivity index (χ3n) is 3.86. The van der Waals surface area contributed by atoms with Gasteiger partial charge in [-0.05, 0) is 44.0 Å². The molecule has 130 valence electrons. The average molecular weight is 330 g/mol. The molecule has 1 aromatic heterocycles. The topological polar surface area (TPSA) is 59.5 Å². The van der Waals surface area contributed by atoms with E-state index in [4.69, 9.17) is 9.47 Å². The molecule has 1 heterocycles. The molecule has 0 aliphatic carbocycles. The number of hydrogen-bond acceptors (Lipinski definition) is 6. The summed E-state index contributed by atoms with van der Waals surface area (Å²) in [6.45, 7) is 6.77. The second-order valence-corrected chi connectivity index (χ2v) is 5.28. The lowest BCUT2D eigenvalue weighted by molar-refractivity contribution is 0.354. The van der Waals surface area contributed by atoms with Gasteiger partial charge in [0.05, 0.1) is 14.2 Å². The van der Waals surface area contributed by atoms with Crippen LogP contribution in [0.4, 0.5) is 11.8 Å². The van der Waals surface area contributed by atoms with Crippen molar-refractivity contribution in [3.8, 4) is 11.5 Å². The van der Waals surface area contributed by atoms with Crippen molar-refractivity contribution in [3.05, 3.63) is 36.0 Å². The van der Waals surface area contributed by atoms with Crippen LogP contribution >= 0.6 is 0 Å². The molecule has 1 N–H and O–H groups in total. The van der Waals surface area contributed by atoms with Crippen molar-refractivity contribution in [1.82, 2.24) is 9.97 Å². The summed E-state index contributed by atoms with van der Waals surface area (Å²) in [4.78, 5) is 11.0. The van der Waals surface area contributed by atoms with Crippen LogP contribution in [0.15, 0.2) is 30.5 Å². The van der Waals surface area contributed by atoms with E-state index in [1.54, 1.807) is 20.4 Å². The molecule has 0 radical (unpaired) electrons. The highest BCUT2D eigenvalue weighted by Crippen LogP contribution is 2.27. The fourth-order valence-corrected chi connectivity index (χ4v) is 2.48. The molecule has 0 saturated heterocycles. The predicted octanol–water partition coefficient (Wildman–Crippen LogP) is 2.99. The van der Waals surface area contributed by atoms with Gasteiger partial charge in [-0.15, -0.1) is 0 Å². The van der Waals surface area contributed by atoms with E-state index in [0.29, 0.717) is 0 Å². The number of anilines is 2. The van der Waals surface area contributed by atoms with E-state index in [9.17, 15) is 0 Å². The summed E-state index contributed by atoms with van der Waals surface area (Å²) in [6.07, 6.45) is 2.66. The first-order valence-corrected chi connectivity index (χ1v) is 8.24. The van der Waals surface area contributed by atoms with Crippen LogP contribution in [0.3, 0.4) is 0 Å². The van der Waals surface area contributed by atoms with E-state index >= 15 is 0 Å². The van der Waals surface area contributed by atoms with Crippen LogP contribution in [0.1, 0.15) is 19.4 Å². The zero-order valence-electron chi connectivity index (χ0n) is 14.9. The van der Waals surface area contributed by atoms with E-state index in [0.717, 1.165) is 49.3 Å². The van der Waals surface area contributed by atoms with Gasteiger partial charge in [0, 0.05) is 25.8 Å². The Labute approximate surface area is 143 Å². The second-order valence-electron chi connectivity index (χ2n) is 5.28. The zero-order chi connectivity index (χ0) is 17.4. The van der Waals surface area contributed by atoms with Crippen molar-refractivity contribution in [1.29, 1.82) is 0 Å². The Morgan fingerprint density at radius 1 is 1.04 bits per heavy atom. The fourth-order valence-electron chi connectivity index (χ4n) is 2.48. The molecule has 0 bridgehead atoms. The lowest BCUT2D eigenvalue weighted by Gasteiger charge is -2.18. The maximum Gasteiger partial charge on any atom is 0.227 e. The molecular formula is C18H26N4O2. The summed E-state index contributed by atoms with van der Waals surface area (Å²) in [5.74, 6) is 3.10. The normalized spacial score (nSPS) is 10.3. The molecule has 0 fully saturated rings. The highest BCUT2D eigenvalue weighted by atomic mass is 16.5. The highest BCUT2D eigenvalue weighted by molar-refractivity contribution is 5.44. The third kappa shape index (κ3) is 4.50. The smallest absolute Gasteiger partial charge is 0.227 e. The van der Waals surface area contributed by atoms with Crippen LogP contribution in [0.2, 0.25) is 0 Å². The van der Waals surface area contributed by atoms with E-state index in [2.05, 4.69) is 34.0 Å². The number of rotatable bonds is 9. The van der Waals surface area contributed by atoms with Crippen LogP contribution in [0.5, 0.6) is 11.5 Å². The van der Waals surface area contributed by atoms with Gasteiger partial charge in [0.25, 0.3) is 0 Å². The molecule has 6 nitrogen and oxygen atoms in total. The number of ether oxygens (including phenoxy) is 2. The number of nitrogens with zero attached hydrogens (tertiary/aromatic N) is 3. The van der Waals surface area contributed by atoms with Crippen molar-refractivity contribution in [2.45, 2.75) is 20.3 Å². The number of methoxy groups -OCH3 is 2. The average Bonchev–Trinajstić information content (AvgIpc) is 2.63. The minimum Gasteiger partial charge on any atom is -0.493 e. The highest BCUT2D eigenvalue weighted by Gasteiger charge is 2.07. The van der Waals surface area contributed by atoms with Crippen LogP contribution in [-0.4, -0.2) is 43.8 Å². The van der Waals surface area contributed by atoms with E-state index in [1.807, 2.05) is 24.3 Å². The number of benzene rings is 1. The Hall–Kier alpha value is -2.50. The number of aromatic nitrogens is 2. The first-order valence-electron chi connectivity index (χ1n) is 8.24. The van der Waals surface area contributed by atoms with E-state index in [-0.39, 0.29) is 0 Å². The van der Waals surface area contributed by atoms with Gasteiger partial charge in [0.2, 0.25) is 5.95 Å². The molecule has 24 heavy (non-hydrogen) atoms. The van der Waals surface area contributed by atoms with E-state index < -0.39 is 0 Å². The third-order valence-corrected chi connectivity index (χ3v) is 3.86. The summed E-state index contributed by atoms with van der Waals surface area (Å²) in [7, 11) is 3.29. The van der Waals surface area contributed by atoms with Gasteiger partial charge >= 0.3 is 0 Å². The Morgan fingerprint density at radius 2 is 1.79 bits per heavy atom. The lowest BCUT2D eigenvalue weighted by atomic mass is 10.1. The van der Waals surface area contributed by atoms with Gasteiger partial charge in [-0.2, -0.15) is 4.98 Å². The molecule has 0 aliphatic rings. The molecule has 0 aliphatic heterocycles. The molecule has 2 rings (SSSR count). The van der Waals surface area contributed by atoms with Crippen molar-refractivity contribution in [3.63, 3.8) is 0 Å². The first-order chi connectivity index (χ1) is 11.7. The minimum absolute atomic E-state index is 0.744. The summed E-state index contributed by atoms with van der Waals surface area (Å²) in [5.41, 5.74) is 1.18. The number of nitrogens with one attached hydrogen (secondary N) is 1. The SMILES string of the molecule is CCN(CC)c1nccc(NCCc2ccc(OC)c(OC)c2)n1. The Bertz CT molecular complexity index is 645. The van der Waals surface area contributed by atoms with Crippen LogP contribution < -0.4 is 19.7 Å².